The van der Waals surface area contributed by atoms with Gasteiger partial charge in [0.25, 0.3) is 11.6 Å². The third-order valence-corrected chi connectivity index (χ3v) is 5.69. The number of aliphatic imine (C=N–C) groups is 1. The van der Waals surface area contributed by atoms with Crippen molar-refractivity contribution in [1.82, 2.24) is 15.0 Å². The number of halogens is 2. The highest BCUT2D eigenvalue weighted by molar-refractivity contribution is 6.36. The lowest BCUT2D eigenvalue weighted by Crippen LogP contribution is -2.18. The first-order chi connectivity index (χ1) is 18.7. The molecule has 0 unspecified atom stereocenters. The van der Waals surface area contributed by atoms with E-state index in [0.717, 1.165) is 6.20 Å². The Labute approximate surface area is 230 Å². The second-order valence-corrected chi connectivity index (χ2v) is 8.55. The van der Waals surface area contributed by atoms with Gasteiger partial charge in [-0.15, -0.1) is 0 Å². The molecule has 0 bridgehead atoms. The highest BCUT2D eigenvalue weighted by Gasteiger charge is 2.20. The number of aromatic carboxylic acids is 1. The summed E-state index contributed by atoms with van der Waals surface area (Å²) in [5.41, 5.74) is 0.520. The minimum absolute atomic E-state index is 0.0450. The molecule has 2 aromatic carbocycles. The van der Waals surface area contributed by atoms with Gasteiger partial charge in [0.1, 0.15) is 11.9 Å². The molecule has 1 amide bonds. The van der Waals surface area contributed by atoms with Crippen LogP contribution >= 0.6 is 23.2 Å². The highest BCUT2D eigenvalue weighted by atomic mass is 35.5. The number of nitrogens with one attached hydrogen (secondary N) is 2. The second kappa shape index (κ2) is 12.1. The Kier molecular flexibility index (Phi) is 8.39. The number of nitrogens with zero attached hydrogens (tertiary/aromatic N) is 5. The minimum atomic E-state index is -1.25. The molecule has 196 valence electrons. The van der Waals surface area contributed by atoms with E-state index in [1.165, 1.54) is 48.8 Å². The molecule has 14 heteroatoms. The van der Waals surface area contributed by atoms with Crippen LogP contribution in [0.1, 0.15) is 20.7 Å². The van der Waals surface area contributed by atoms with Crippen LogP contribution in [0.2, 0.25) is 10.0 Å². The number of aromatic nitrogens is 3. The third-order valence-electron chi connectivity index (χ3n) is 5.14. The number of carbonyl (C=O) groups is 2. The number of pyridine rings is 1. The third kappa shape index (κ3) is 6.69. The number of hydrogen-bond donors (Lipinski definition) is 3. The van der Waals surface area contributed by atoms with Crippen LogP contribution in [0.25, 0.3) is 11.3 Å². The maximum atomic E-state index is 13.0. The second-order valence-electron chi connectivity index (χ2n) is 7.71. The van der Waals surface area contributed by atoms with E-state index in [2.05, 4.69) is 30.6 Å². The van der Waals surface area contributed by atoms with Crippen molar-refractivity contribution in [2.24, 2.45) is 4.99 Å². The van der Waals surface area contributed by atoms with E-state index in [1.54, 1.807) is 18.2 Å². The van der Waals surface area contributed by atoms with Gasteiger partial charge < -0.3 is 15.7 Å². The van der Waals surface area contributed by atoms with E-state index in [0.29, 0.717) is 10.6 Å². The molecule has 3 N–H and O–H groups in total. The predicted octanol–water partition coefficient (Wildman–Crippen LogP) is 5.52. The van der Waals surface area contributed by atoms with Crippen LogP contribution in [-0.4, -0.2) is 49.6 Å². The molecule has 0 aliphatic rings. The van der Waals surface area contributed by atoms with Crippen molar-refractivity contribution in [3.63, 3.8) is 0 Å². The van der Waals surface area contributed by atoms with Crippen molar-refractivity contribution in [2.45, 2.75) is 0 Å². The molecule has 2 aromatic heterocycles. The molecule has 0 aliphatic heterocycles. The van der Waals surface area contributed by atoms with Crippen molar-refractivity contribution < 1.29 is 19.6 Å². The fraction of sp³-hybridized carbons (Fsp3) is 0.0400. The van der Waals surface area contributed by atoms with Gasteiger partial charge >= 0.3 is 5.97 Å². The SMILES string of the molecule is O=C(O)c1ccccc1C(=O)Nc1cnc(NCC=Nc2ccc([N+](=O)[O-])cn2)nc1-c1ccc(Cl)cc1Cl. The zero-order valence-corrected chi connectivity index (χ0v) is 21.2. The molecular formula is C25H17Cl2N7O5. The van der Waals surface area contributed by atoms with Gasteiger partial charge in [-0.05, 0) is 36.4 Å². The lowest BCUT2D eigenvalue weighted by molar-refractivity contribution is -0.385. The molecule has 0 saturated carbocycles. The lowest BCUT2D eigenvalue weighted by Gasteiger charge is -2.14. The molecular weight excluding hydrogens is 549 g/mol. The zero-order valence-electron chi connectivity index (χ0n) is 19.7. The zero-order chi connectivity index (χ0) is 27.9. The fourth-order valence-electron chi connectivity index (χ4n) is 3.34. The number of anilines is 2. The van der Waals surface area contributed by atoms with Gasteiger partial charge in [0.05, 0.1) is 39.5 Å². The summed E-state index contributed by atoms with van der Waals surface area (Å²) in [5, 5.41) is 26.4. The van der Waals surface area contributed by atoms with E-state index < -0.39 is 16.8 Å². The normalized spacial score (nSPS) is 10.8. The molecule has 12 nitrogen and oxygen atoms in total. The Morgan fingerprint density at radius 1 is 1.05 bits per heavy atom. The van der Waals surface area contributed by atoms with Gasteiger partial charge in [-0.2, -0.15) is 0 Å². The maximum absolute atomic E-state index is 13.0. The van der Waals surface area contributed by atoms with Gasteiger partial charge in [0.15, 0.2) is 5.82 Å². The van der Waals surface area contributed by atoms with Crippen LogP contribution in [0.3, 0.4) is 0 Å². The first-order valence-corrected chi connectivity index (χ1v) is 11.8. The maximum Gasteiger partial charge on any atom is 0.336 e. The monoisotopic (exact) mass is 565 g/mol. The van der Waals surface area contributed by atoms with Crippen molar-refractivity contribution in [2.75, 3.05) is 17.2 Å². The summed E-state index contributed by atoms with van der Waals surface area (Å²) in [5.74, 6) is -1.48. The summed E-state index contributed by atoms with van der Waals surface area (Å²) in [6, 6.07) is 13.2. The average Bonchev–Trinajstić information content (AvgIpc) is 2.92. The Balaban J connectivity index is 1.58. The Bertz CT molecular complexity index is 1600. The molecule has 0 fully saturated rings. The summed E-state index contributed by atoms with van der Waals surface area (Å²) in [4.78, 5) is 51.4. The van der Waals surface area contributed by atoms with E-state index in [1.807, 2.05) is 0 Å². The summed E-state index contributed by atoms with van der Waals surface area (Å²) in [6.45, 7) is 0.171. The number of hydrogen-bond acceptors (Lipinski definition) is 9. The summed E-state index contributed by atoms with van der Waals surface area (Å²) >= 11 is 12.4. The molecule has 4 rings (SSSR count). The number of carboxylic acids is 1. The van der Waals surface area contributed by atoms with Gasteiger partial charge in [0.2, 0.25) is 5.95 Å². The van der Waals surface area contributed by atoms with Crippen LogP contribution in [0, 0.1) is 10.1 Å². The molecule has 0 spiro atoms. The summed E-state index contributed by atoms with van der Waals surface area (Å²) in [6.07, 6.45) is 3.93. The number of carboxylic acid groups (broad SMARTS) is 1. The molecule has 2 heterocycles. The van der Waals surface area contributed by atoms with E-state index in [-0.39, 0.29) is 51.5 Å². The first-order valence-electron chi connectivity index (χ1n) is 11.1. The summed E-state index contributed by atoms with van der Waals surface area (Å²) < 4.78 is 0. The first kappa shape index (κ1) is 27.1. The number of benzene rings is 2. The molecule has 0 atom stereocenters. The number of amides is 1. The van der Waals surface area contributed by atoms with Crippen LogP contribution in [0.15, 0.2) is 72.0 Å². The minimum Gasteiger partial charge on any atom is -0.478 e. The molecule has 0 aliphatic carbocycles. The van der Waals surface area contributed by atoms with Gasteiger partial charge in [0, 0.05) is 22.9 Å². The van der Waals surface area contributed by atoms with Crippen molar-refractivity contribution in [3.05, 3.63) is 98.3 Å². The molecule has 0 radical (unpaired) electrons. The topological polar surface area (TPSA) is 173 Å². The Morgan fingerprint density at radius 3 is 2.49 bits per heavy atom. The van der Waals surface area contributed by atoms with Crippen molar-refractivity contribution in [3.8, 4) is 11.3 Å². The van der Waals surface area contributed by atoms with Gasteiger partial charge in [-0.3, -0.25) is 14.9 Å². The lowest BCUT2D eigenvalue weighted by atomic mass is 10.1. The smallest absolute Gasteiger partial charge is 0.336 e. The van der Waals surface area contributed by atoms with Crippen LogP contribution in [-0.2, 0) is 0 Å². The van der Waals surface area contributed by atoms with Crippen molar-refractivity contribution >= 4 is 64.4 Å². The van der Waals surface area contributed by atoms with Crippen LogP contribution in [0.4, 0.5) is 23.1 Å². The predicted molar refractivity (Wildman–Crippen MR) is 146 cm³/mol. The Hall–Kier alpha value is -4.94. The number of carbonyl (C=O) groups excluding carboxylic acids is 1. The summed E-state index contributed by atoms with van der Waals surface area (Å²) in [7, 11) is 0. The standard InChI is InChI=1S/C25H17Cl2N7O5/c26-14-5-7-18(19(27)11-14)22-20(32-23(35)16-3-1-2-4-17(16)24(36)37)13-31-25(33-22)29-10-9-28-21-8-6-15(12-30-21)34(38)39/h1-9,11-13H,10H2,(H,32,35)(H,36,37)(H,29,31,33). The van der Waals surface area contributed by atoms with Crippen LogP contribution in [0.5, 0.6) is 0 Å². The quantitative estimate of drug-likeness (QED) is 0.134. The van der Waals surface area contributed by atoms with E-state index in [9.17, 15) is 24.8 Å². The van der Waals surface area contributed by atoms with E-state index in [4.69, 9.17) is 23.2 Å². The van der Waals surface area contributed by atoms with Gasteiger partial charge in [-0.25, -0.2) is 24.7 Å². The fourth-order valence-corrected chi connectivity index (χ4v) is 3.84. The van der Waals surface area contributed by atoms with Crippen molar-refractivity contribution in [1.29, 1.82) is 0 Å². The number of nitro groups is 1. The largest absolute Gasteiger partial charge is 0.478 e. The number of rotatable bonds is 9. The molecule has 0 saturated heterocycles. The van der Waals surface area contributed by atoms with Crippen LogP contribution < -0.4 is 10.6 Å². The highest BCUT2D eigenvalue weighted by Crippen LogP contribution is 2.34. The molecule has 4 aromatic rings. The Morgan fingerprint density at radius 2 is 1.82 bits per heavy atom. The van der Waals surface area contributed by atoms with Gasteiger partial charge in [-0.1, -0.05) is 35.3 Å². The van der Waals surface area contributed by atoms with E-state index >= 15 is 0 Å². The average molecular weight is 566 g/mol. The molecule has 39 heavy (non-hydrogen) atoms.